The predicted octanol–water partition coefficient (Wildman–Crippen LogP) is 2.38. The smallest absolute Gasteiger partial charge is 0.123 e. The predicted molar refractivity (Wildman–Crippen MR) is 46.3 cm³/mol. The second kappa shape index (κ2) is 2.87. The van der Waals surface area contributed by atoms with E-state index in [1.165, 1.54) is 11.6 Å². The molecule has 1 unspecified atom stereocenters. The molecular formula is C10H12FN. The van der Waals surface area contributed by atoms with E-state index in [1.54, 1.807) is 6.07 Å². The zero-order valence-electron chi connectivity index (χ0n) is 7.10. The number of benzene rings is 1. The minimum Gasteiger partial charge on any atom is -0.306 e. The van der Waals surface area contributed by atoms with Crippen LogP contribution in [0.1, 0.15) is 30.5 Å². The molecule has 0 fully saturated rings. The van der Waals surface area contributed by atoms with Crippen LogP contribution in [-0.2, 0) is 6.54 Å². The Bertz CT molecular complexity index is 296. The summed E-state index contributed by atoms with van der Waals surface area (Å²) in [4.78, 5) is 0. The molecule has 2 heteroatoms. The largest absolute Gasteiger partial charge is 0.306 e. The van der Waals surface area contributed by atoms with Crippen molar-refractivity contribution in [2.24, 2.45) is 0 Å². The summed E-state index contributed by atoms with van der Waals surface area (Å²) in [5, 5.41) is 3.33. The first-order valence-corrected chi connectivity index (χ1v) is 4.33. The van der Waals surface area contributed by atoms with Crippen LogP contribution in [0.4, 0.5) is 4.39 Å². The van der Waals surface area contributed by atoms with Crippen molar-refractivity contribution in [1.82, 2.24) is 5.32 Å². The number of hydrogen-bond donors (Lipinski definition) is 1. The standard InChI is InChI=1S/C10H12FN/c1-2-10-9-4-3-8(11)5-7(9)6-12-10/h3-5,10,12H,2,6H2,1H3. The minimum atomic E-state index is -0.132. The molecule has 1 N–H and O–H groups in total. The summed E-state index contributed by atoms with van der Waals surface area (Å²) >= 11 is 0. The quantitative estimate of drug-likeness (QED) is 0.673. The third kappa shape index (κ3) is 1.12. The van der Waals surface area contributed by atoms with Gasteiger partial charge in [-0.1, -0.05) is 13.0 Å². The zero-order valence-corrected chi connectivity index (χ0v) is 7.10. The summed E-state index contributed by atoms with van der Waals surface area (Å²) in [5.74, 6) is -0.132. The van der Waals surface area contributed by atoms with Gasteiger partial charge < -0.3 is 5.32 Å². The third-order valence-electron chi connectivity index (χ3n) is 2.43. The van der Waals surface area contributed by atoms with Crippen LogP contribution in [0.5, 0.6) is 0 Å². The van der Waals surface area contributed by atoms with Gasteiger partial charge in [-0.25, -0.2) is 4.39 Å². The van der Waals surface area contributed by atoms with E-state index in [2.05, 4.69) is 12.2 Å². The first-order valence-electron chi connectivity index (χ1n) is 4.33. The van der Waals surface area contributed by atoms with Gasteiger partial charge in [-0.2, -0.15) is 0 Å². The first-order chi connectivity index (χ1) is 5.81. The van der Waals surface area contributed by atoms with E-state index in [9.17, 15) is 4.39 Å². The Hall–Kier alpha value is -0.890. The highest BCUT2D eigenvalue weighted by atomic mass is 19.1. The van der Waals surface area contributed by atoms with Crippen molar-refractivity contribution in [2.75, 3.05) is 0 Å². The second-order valence-electron chi connectivity index (χ2n) is 3.18. The van der Waals surface area contributed by atoms with Crippen molar-refractivity contribution < 1.29 is 4.39 Å². The van der Waals surface area contributed by atoms with Gasteiger partial charge in [0.1, 0.15) is 5.82 Å². The summed E-state index contributed by atoms with van der Waals surface area (Å²) < 4.78 is 12.8. The van der Waals surface area contributed by atoms with E-state index < -0.39 is 0 Å². The molecule has 12 heavy (non-hydrogen) atoms. The fourth-order valence-corrected chi connectivity index (χ4v) is 1.77. The van der Waals surface area contributed by atoms with E-state index in [0.717, 1.165) is 18.5 Å². The van der Waals surface area contributed by atoms with Gasteiger partial charge in [0.15, 0.2) is 0 Å². The van der Waals surface area contributed by atoms with Gasteiger partial charge >= 0.3 is 0 Å². The van der Waals surface area contributed by atoms with Gasteiger partial charge in [-0.3, -0.25) is 0 Å². The summed E-state index contributed by atoms with van der Waals surface area (Å²) in [6, 6.07) is 5.48. The van der Waals surface area contributed by atoms with Crippen molar-refractivity contribution >= 4 is 0 Å². The van der Waals surface area contributed by atoms with Crippen molar-refractivity contribution in [3.05, 3.63) is 35.1 Å². The molecule has 1 heterocycles. The van der Waals surface area contributed by atoms with Gasteiger partial charge in [-0.05, 0) is 29.7 Å². The van der Waals surface area contributed by atoms with Gasteiger partial charge in [0.2, 0.25) is 0 Å². The Kier molecular flexibility index (Phi) is 1.85. The highest BCUT2D eigenvalue weighted by Gasteiger charge is 2.19. The van der Waals surface area contributed by atoms with Crippen molar-refractivity contribution in [3.63, 3.8) is 0 Å². The average molecular weight is 165 g/mol. The van der Waals surface area contributed by atoms with Crippen LogP contribution in [0, 0.1) is 5.82 Å². The minimum absolute atomic E-state index is 0.132. The molecule has 0 saturated heterocycles. The van der Waals surface area contributed by atoms with Gasteiger partial charge in [0.25, 0.3) is 0 Å². The Morgan fingerprint density at radius 3 is 3.17 bits per heavy atom. The molecule has 1 atom stereocenters. The molecule has 1 aliphatic rings. The highest BCUT2D eigenvalue weighted by molar-refractivity contribution is 5.34. The Morgan fingerprint density at radius 2 is 2.42 bits per heavy atom. The third-order valence-corrected chi connectivity index (χ3v) is 2.43. The second-order valence-corrected chi connectivity index (χ2v) is 3.18. The molecule has 0 amide bonds. The van der Waals surface area contributed by atoms with Crippen LogP contribution in [0.25, 0.3) is 0 Å². The topological polar surface area (TPSA) is 12.0 Å². The van der Waals surface area contributed by atoms with E-state index in [-0.39, 0.29) is 5.82 Å². The van der Waals surface area contributed by atoms with E-state index in [0.29, 0.717) is 6.04 Å². The number of nitrogens with one attached hydrogen (secondary N) is 1. The van der Waals surface area contributed by atoms with Crippen LogP contribution < -0.4 is 5.32 Å². The van der Waals surface area contributed by atoms with Crippen molar-refractivity contribution in [2.45, 2.75) is 25.9 Å². The molecule has 1 aromatic carbocycles. The molecule has 0 radical (unpaired) electrons. The number of fused-ring (bicyclic) bond motifs is 1. The normalized spacial score (nSPS) is 21.0. The number of halogens is 1. The number of rotatable bonds is 1. The molecule has 1 aromatic rings. The molecule has 0 aromatic heterocycles. The summed E-state index contributed by atoms with van der Waals surface area (Å²) in [6.45, 7) is 2.95. The lowest BCUT2D eigenvalue weighted by molar-refractivity contribution is 0.567. The van der Waals surface area contributed by atoms with E-state index >= 15 is 0 Å². The van der Waals surface area contributed by atoms with Crippen LogP contribution >= 0.6 is 0 Å². The molecule has 0 bridgehead atoms. The lowest BCUT2D eigenvalue weighted by Crippen LogP contribution is -2.10. The maximum atomic E-state index is 12.8. The molecule has 1 nitrogen and oxygen atoms in total. The zero-order chi connectivity index (χ0) is 8.55. The fourth-order valence-electron chi connectivity index (χ4n) is 1.77. The highest BCUT2D eigenvalue weighted by Crippen LogP contribution is 2.27. The molecule has 1 aliphatic heterocycles. The van der Waals surface area contributed by atoms with Crippen LogP contribution in [-0.4, -0.2) is 0 Å². The first kappa shape index (κ1) is 7.74. The van der Waals surface area contributed by atoms with E-state index in [1.807, 2.05) is 6.07 Å². The molecule has 0 saturated carbocycles. The van der Waals surface area contributed by atoms with Crippen LogP contribution in [0.3, 0.4) is 0 Å². The molecule has 2 rings (SSSR count). The Balaban J connectivity index is 2.40. The van der Waals surface area contributed by atoms with Crippen molar-refractivity contribution in [3.8, 4) is 0 Å². The fraction of sp³-hybridized carbons (Fsp3) is 0.400. The van der Waals surface area contributed by atoms with Crippen LogP contribution in [0.15, 0.2) is 18.2 Å². The summed E-state index contributed by atoms with van der Waals surface area (Å²) in [6.07, 6.45) is 1.07. The average Bonchev–Trinajstić information content (AvgIpc) is 2.46. The van der Waals surface area contributed by atoms with Crippen molar-refractivity contribution in [1.29, 1.82) is 0 Å². The van der Waals surface area contributed by atoms with Gasteiger partial charge in [0.05, 0.1) is 0 Å². The monoisotopic (exact) mass is 165 g/mol. The van der Waals surface area contributed by atoms with Gasteiger partial charge in [0, 0.05) is 12.6 Å². The molecule has 0 aliphatic carbocycles. The Morgan fingerprint density at radius 1 is 1.58 bits per heavy atom. The molecule has 0 spiro atoms. The Labute approximate surface area is 71.6 Å². The van der Waals surface area contributed by atoms with Gasteiger partial charge in [-0.15, -0.1) is 0 Å². The molecular weight excluding hydrogens is 153 g/mol. The SMILES string of the molecule is CCC1NCc2cc(F)ccc21. The van der Waals surface area contributed by atoms with Crippen LogP contribution in [0.2, 0.25) is 0 Å². The maximum Gasteiger partial charge on any atom is 0.123 e. The number of hydrogen-bond acceptors (Lipinski definition) is 1. The lowest BCUT2D eigenvalue weighted by Gasteiger charge is -2.07. The maximum absolute atomic E-state index is 12.8. The summed E-state index contributed by atoms with van der Waals surface area (Å²) in [7, 11) is 0. The molecule has 64 valence electrons. The van der Waals surface area contributed by atoms with E-state index in [4.69, 9.17) is 0 Å². The lowest BCUT2D eigenvalue weighted by atomic mass is 10.0. The summed E-state index contributed by atoms with van der Waals surface area (Å²) in [5.41, 5.74) is 2.38.